The van der Waals surface area contributed by atoms with Crippen molar-refractivity contribution in [2.45, 2.75) is 20.3 Å². The molecule has 0 aliphatic rings. The van der Waals surface area contributed by atoms with Gasteiger partial charge in [0.15, 0.2) is 11.6 Å². The Kier molecular flexibility index (Phi) is 4.90. The quantitative estimate of drug-likeness (QED) is 0.821. The summed E-state index contributed by atoms with van der Waals surface area (Å²) in [6.07, 6.45) is 0.218. The molecule has 0 radical (unpaired) electrons. The van der Waals surface area contributed by atoms with E-state index in [2.05, 4.69) is 0 Å². The summed E-state index contributed by atoms with van der Waals surface area (Å²) in [6, 6.07) is 4.17. The number of nitrogen functional groups attached to an aromatic ring is 1. The van der Waals surface area contributed by atoms with Crippen LogP contribution in [0.15, 0.2) is 12.1 Å². The number of nitriles is 1. The lowest BCUT2D eigenvalue weighted by Crippen LogP contribution is -2.30. The van der Waals surface area contributed by atoms with E-state index in [0.717, 1.165) is 12.1 Å². The van der Waals surface area contributed by atoms with Crippen LogP contribution in [0.5, 0.6) is 0 Å². The second-order valence-corrected chi connectivity index (χ2v) is 4.58. The van der Waals surface area contributed by atoms with Crippen molar-refractivity contribution in [3.63, 3.8) is 0 Å². The molecule has 1 rings (SSSR count). The molecule has 5 heteroatoms. The summed E-state index contributed by atoms with van der Waals surface area (Å²) >= 11 is 0. The van der Waals surface area contributed by atoms with Crippen molar-refractivity contribution < 1.29 is 8.78 Å². The van der Waals surface area contributed by atoms with Gasteiger partial charge in [0.2, 0.25) is 0 Å². The predicted molar refractivity (Wildman–Crippen MR) is 68.1 cm³/mol. The molecule has 0 aliphatic heterocycles. The first-order valence-electron chi connectivity index (χ1n) is 5.82. The van der Waals surface area contributed by atoms with Crippen molar-refractivity contribution in [1.29, 1.82) is 5.26 Å². The largest absolute Gasteiger partial charge is 0.399 e. The SMILES string of the molecule is CC(C)CN(CCC#N)c1c(F)cc(N)cc1F. The van der Waals surface area contributed by atoms with Gasteiger partial charge in [0.25, 0.3) is 0 Å². The highest BCUT2D eigenvalue weighted by molar-refractivity contribution is 5.56. The molecular formula is C13H17F2N3. The van der Waals surface area contributed by atoms with Gasteiger partial charge in [0, 0.05) is 18.8 Å². The standard InChI is InChI=1S/C13H17F2N3/c1-9(2)8-18(5-3-4-16)13-11(14)6-10(17)7-12(13)15/h6-7,9H,3,5,8,17H2,1-2H3. The molecule has 0 aromatic heterocycles. The Hall–Kier alpha value is -1.83. The Labute approximate surface area is 106 Å². The maximum Gasteiger partial charge on any atom is 0.151 e. The zero-order chi connectivity index (χ0) is 13.7. The maximum absolute atomic E-state index is 13.8. The highest BCUT2D eigenvalue weighted by Crippen LogP contribution is 2.26. The van der Waals surface area contributed by atoms with Crippen molar-refractivity contribution >= 4 is 11.4 Å². The molecule has 0 unspecified atom stereocenters. The molecule has 0 heterocycles. The van der Waals surface area contributed by atoms with Gasteiger partial charge < -0.3 is 10.6 Å². The topological polar surface area (TPSA) is 53.0 Å². The van der Waals surface area contributed by atoms with Crippen LogP contribution in [0.1, 0.15) is 20.3 Å². The molecule has 1 aromatic rings. The summed E-state index contributed by atoms with van der Waals surface area (Å²) in [5, 5.41) is 8.59. The second-order valence-electron chi connectivity index (χ2n) is 4.58. The van der Waals surface area contributed by atoms with E-state index in [9.17, 15) is 8.78 Å². The summed E-state index contributed by atoms with van der Waals surface area (Å²) in [6.45, 7) is 4.69. The zero-order valence-electron chi connectivity index (χ0n) is 10.6. The summed E-state index contributed by atoms with van der Waals surface area (Å²) in [5.74, 6) is -1.14. The average Bonchev–Trinajstić information content (AvgIpc) is 2.23. The molecule has 0 spiro atoms. The van der Waals surface area contributed by atoms with Gasteiger partial charge in [-0.05, 0) is 18.1 Å². The summed E-state index contributed by atoms with van der Waals surface area (Å²) in [5.41, 5.74) is 5.33. The molecule has 0 fully saturated rings. The monoisotopic (exact) mass is 253 g/mol. The summed E-state index contributed by atoms with van der Waals surface area (Å²) in [7, 11) is 0. The molecule has 0 amide bonds. The fourth-order valence-corrected chi connectivity index (χ4v) is 1.81. The zero-order valence-corrected chi connectivity index (χ0v) is 10.6. The van der Waals surface area contributed by atoms with Gasteiger partial charge in [0.05, 0.1) is 12.5 Å². The Balaban J connectivity index is 3.08. The third-order valence-electron chi connectivity index (χ3n) is 2.43. The van der Waals surface area contributed by atoms with Crippen LogP contribution < -0.4 is 10.6 Å². The number of nitrogens with two attached hydrogens (primary N) is 1. The second kappa shape index (κ2) is 6.20. The van der Waals surface area contributed by atoms with E-state index in [1.165, 1.54) is 0 Å². The minimum Gasteiger partial charge on any atom is -0.399 e. The van der Waals surface area contributed by atoms with Gasteiger partial charge >= 0.3 is 0 Å². The van der Waals surface area contributed by atoms with Crippen LogP contribution in [0.4, 0.5) is 20.2 Å². The van der Waals surface area contributed by atoms with E-state index in [1.54, 1.807) is 4.90 Å². The van der Waals surface area contributed by atoms with E-state index < -0.39 is 11.6 Å². The highest BCUT2D eigenvalue weighted by atomic mass is 19.1. The molecule has 0 bridgehead atoms. The number of nitrogens with zero attached hydrogens (tertiary/aromatic N) is 2. The van der Waals surface area contributed by atoms with E-state index in [0.29, 0.717) is 13.1 Å². The van der Waals surface area contributed by atoms with Gasteiger partial charge in [-0.3, -0.25) is 0 Å². The van der Waals surface area contributed by atoms with Crippen LogP contribution >= 0.6 is 0 Å². The average molecular weight is 253 g/mol. The third-order valence-corrected chi connectivity index (χ3v) is 2.43. The van der Waals surface area contributed by atoms with E-state index in [4.69, 9.17) is 11.0 Å². The lowest BCUT2D eigenvalue weighted by Gasteiger charge is -2.26. The lowest BCUT2D eigenvalue weighted by molar-refractivity contribution is 0.549. The molecule has 3 nitrogen and oxygen atoms in total. The Morgan fingerprint density at radius 3 is 2.33 bits per heavy atom. The van der Waals surface area contributed by atoms with Gasteiger partial charge in [-0.1, -0.05) is 13.8 Å². The van der Waals surface area contributed by atoms with E-state index in [1.807, 2.05) is 19.9 Å². The normalized spacial score (nSPS) is 10.4. The number of hydrogen-bond donors (Lipinski definition) is 1. The van der Waals surface area contributed by atoms with Crippen LogP contribution in [-0.4, -0.2) is 13.1 Å². The fraction of sp³-hybridized carbons (Fsp3) is 0.462. The first kappa shape index (κ1) is 14.2. The third kappa shape index (κ3) is 3.59. The number of rotatable bonds is 5. The fourth-order valence-electron chi connectivity index (χ4n) is 1.81. The van der Waals surface area contributed by atoms with Crippen molar-refractivity contribution in [2.75, 3.05) is 23.7 Å². The molecule has 1 aromatic carbocycles. The number of anilines is 2. The van der Waals surface area contributed by atoms with Gasteiger partial charge in [-0.15, -0.1) is 0 Å². The molecule has 98 valence electrons. The minimum atomic E-state index is -0.689. The Bertz CT molecular complexity index is 429. The van der Waals surface area contributed by atoms with E-state index >= 15 is 0 Å². The molecule has 2 N–H and O–H groups in total. The number of benzene rings is 1. The van der Waals surface area contributed by atoms with Gasteiger partial charge in [-0.25, -0.2) is 8.78 Å². The predicted octanol–water partition coefficient (Wildman–Crippen LogP) is 2.92. The molecule has 0 saturated heterocycles. The Morgan fingerprint density at radius 1 is 1.33 bits per heavy atom. The van der Waals surface area contributed by atoms with Crippen molar-refractivity contribution in [3.05, 3.63) is 23.8 Å². The summed E-state index contributed by atoms with van der Waals surface area (Å²) in [4.78, 5) is 1.55. The van der Waals surface area contributed by atoms with Crippen molar-refractivity contribution in [1.82, 2.24) is 0 Å². The molecule has 0 aliphatic carbocycles. The molecule has 0 saturated carbocycles. The van der Waals surface area contributed by atoms with Crippen LogP contribution in [0.25, 0.3) is 0 Å². The molecule has 18 heavy (non-hydrogen) atoms. The van der Waals surface area contributed by atoms with Crippen LogP contribution in [-0.2, 0) is 0 Å². The lowest BCUT2D eigenvalue weighted by atomic mass is 10.1. The summed E-state index contributed by atoms with van der Waals surface area (Å²) < 4.78 is 27.6. The smallest absolute Gasteiger partial charge is 0.151 e. The number of halogens is 2. The maximum atomic E-state index is 13.8. The van der Waals surface area contributed by atoms with Crippen LogP contribution in [0.3, 0.4) is 0 Å². The molecule has 0 atom stereocenters. The highest BCUT2D eigenvalue weighted by Gasteiger charge is 2.18. The minimum absolute atomic E-state index is 0.0542. The van der Waals surface area contributed by atoms with E-state index in [-0.39, 0.29) is 23.7 Å². The van der Waals surface area contributed by atoms with Gasteiger partial charge in [-0.2, -0.15) is 5.26 Å². The Morgan fingerprint density at radius 2 is 1.89 bits per heavy atom. The first-order valence-corrected chi connectivity index (χ1v) is 5.82. The van der Waals surface area contributed by atoms with Crippen molar-refractivity contribution in [3.8, 4) is 6.07 Å². The van der Waals surface area contributed by atoms with Crippen molar-refractivity contribution in [2.24, 2.45) is 5.92 Å². The van der Waals surface area contributed by atoms with Crippen LogP contribution in [0, 0.1) is 28.9 Å². The number of hydrogen-bond acceptors (Lipinski definition) is 3. The molecular weight excluding hydrogens is 236 g/mol. The van der Waals surface area contributed by atoms with Gasteiger partial charge in [0.1, 0.15) is 5.69 Å². The van der Waals surface area contributed by atoms with Crippen LogP contribution in [0.2, 0.25) is 0 Å². The first-order chi connectivity index (χ1) is 8.45.